The molecule has 1 N–H and O–H groups in total. The Hall–Kier alpha value is -1.56. The highest BCUT2D eigenvalue weighted by Crippen LogP contribution is 2.33. The zero-order valence-corrected chi connectivity index (χ0v) is 13.6. The Morgan fingerprint density at radius 2 is 2.00 bits per heavy atom. The summed E-state index contributed by atoms with van der Waals surface area (Å²) < 4.78 is 38.6. The number of hydrogen-bond donors (Lipinski definition) is 1. The predicted molar refractivity (Wildman–Crippen MR) is 85.5 cm³/mol. The zero-order chi connectivity index (χ0) is 17.2. The third-order valence-electron chi connectivity index (χ3n) is 5.04. The Kier molecular flexibility index (Phi) is 5.13. The van der Waals surface area contributed by atoms with Crippen molar-refractivity contribution < 1.29 is 18.0 Å². The Labute approximate surface area is 140 Å². The van der Waals surface area contributed by atoms with Crippen molar-refractivity contribution in [3.63, 3.8) is 0 Å². The minimum Gasteiger partial charge on any atom is -0.348 e. The third-order valence-corrected chi connectivity index (χ3v) is 5.04. The smallest absolute Gasteiger partial charge is 0.348 e. The molecule has 0 saturated carbocycles. The largest absolute Gasteiger partial charge is 0.393 e. The van der Waals surface area contributed by atoms with E-state index >= 15 is 0 Å². The number of nitrogens with one attached hydrogen (secondary N) is 1. The van der Waals surface area contributed by atoms with E-state index in [2.05, 4.69) is 11.4 Å². The summed E-state index contributed by atoms with van der Waals surface area (Å²) in [6.07, 6.45) is -0.601. The predicted octanol–water partition coefficient (Wildman–Crippen LogP) is 3.45. The second-order valence-electron chi connectivity index (χ2n) is 6.83. The van der Waals surface area contributed by atoms with Crippen LogP contribution < -0.4 is 5.32 Å². The van der Waals surface area contributed by atoms with Crippen LogP contribution in [0.15, 0.2) is 24.3 Å². The number of carbonyl (C=O) groups is 1. The molecule has 1 saturated heterocycles. The highest BCUT2D eigenvalue weighted by molar-refractivity contribution is 5.78. The van der Waals surface area contributed by atoms with E-state index < -0.39 is 12.1 Å². The maximum Gasteiger partial charge on any atom is 0.393 e. The van der Waals surface area contributed by atoms with Crippen molar-refractivity contribution in [2.24, 2.45) is 5.92 Å². The van der Waals surface area contributed by atoms with E-state index in [9.17, 15) is 18.0 Å². The molecule has 0 spiro atoms. The fourth-order valence-corrected chi connectivity index (χ4v) is 3.81. The van der Waals surface area contributed by atoms with Gasteiger partial charge < -0.3 is 5.32 Å². The molecule has 6 heteroatoms. The van der Waals surface area contributed by atoms with E-state index in [4.69, 9.17) is 0 Å². The first-order chi connectivity index (χ1) is 11.4. The van der Waals surface area contributed by atoms with Crippen molar-refractivity contribution in [1.82, 2.24) is 10.2 Å². The van der Waals surface area contributed by atoms with Crippen LogP contribution in [0.25, 0.3) is 0 Å². The molecule has 1 aliphatic heterocycles. The number of nitrogens with zero attached hydrogens (tertiary/aromatic N) is 1. The highest BCUT2D eigenvalue weighted by Gasteiger charge is 2.42. The van der Waals surface area contributed by atoms with Gasteiger partial charge in [0.15, 0.2) is 0 Å². The summed E-state index contributed by atoms with van der Waals surface area (Å²) in [6.45, 7) is 0.532. The first-order valence-electron chi connectivity index (χ1n) is 8.59. The Morgan fingerprint density at radius 3 is 2.79 bits per heavy atom. The quantitative estimate of drug-likeness (QED) is 0.914. The van der Waals surface area contributed by atoms with E-state index in [1.165, 1.54) is 5.56 Å². The third kappa shape index (κ3) is 4.09. The fraction of sp³-hybridized carbons (Fsp3) is 0.611. The zero-order valence-electron chi connectivity index (χ0n) is 13.6. The minimum atomic E-state index is -4.17. The molecule has 2 unspecified atom stereocenters. The molecule has 1 aromatic carbocycles. The second kappa shape index (κ2) is 7.13. The normalized spacial score (nSPS) is 25.1. The molecule has 24 heavy (non-hydrogen) atoms. The molecule has 0 bridgehead atoms. The van der Waals surface area contributed by atoms with Crippen molar-refractivity contribution in [2.75, 3.05) is 19.6 Å². The number of hydrogen-bond acceptors (Lipinski definition) is 2. The first-order valence-corrected chi connectivity index (χ1v) is 8.59. The summed E-state index contributed by atoms with van der Waals surface area (Å²) in [5.74, 6) is -1.49. The van der Waals surface area contributed by atoms with Gasteiger partial charge in [-0.1, -0.05) is 24.3 Å². The average Bonchev–Trinajstić information content (AvgIpc) is 2.54. The van der Waals surface area contributed by atoms with Gasteiger partial charge in [0.2, 0.25) is 5.91 Å². The number of amides is 1. The maximum absolute atomic E-state index is 12.9. The molecule has 1 aromatic rings. The SMILES string of the molecule is O=C(CN1CCCC(C(F)(F)F)C1)NC1CCCc2ccccc21. The summed E-state index contributed by atoms with van der Waals surface area (Å²) >= 11 is 0. The molecule has 3 nitrogen and oxygen atoms in total. The van der Waals surface area contributed by atoms with E-state index in [-0.39, 0.29) is 31.5 Å². The van der Waals surface area contributed by atoms with E-state index in [1.807, 2.05) is 18.2 Å². The highest BCUT2D eigenvalue weighted by atomic mass is 19.4. The molecule has 1 heterocycles. The Balaban J connectivity index is 1.57. The van der Waals surface area contributed by atoms with Crippen LogP contribution in [0, 0.1) is 5.92 Å². The van der Waals surface area contributed by atoms with Crippen LogP contribution in [0.5, 0.6) is 0 Å². The summed E-state index contributed by atoms with van der Waals surface area (Å²) in [6, 6.07) is 8.04. The lowest BCUT2D eigenvalue weighted by Gasteiger charge is -2.34. The summed E-state index contributed by atoms with van der Waals surface area (Å²) in [5, 5.41) is 3.01. The van der Waals surface area contributed by atoms with Crippen molar-refractivity contribution >= 4 is 5.91 Å². The Morgan fingerprint density at radius 1 is 1.21 bits per heavy atom. The van der Waals surface area contributed by atoms with Gasteiger partial charge in [-0.05, 0) is 49.8 Å². The molecule has 2 aliphatic rings. The van der Waals surface area contributed by atoms with E-state index in [0.29, 0.717) is 13.0 Å². The molecule has 1 aliphatic carbocycles. The number of piperidine rings is 1. The number of likely N-dealkylation sites (tertiary alicyclic amines) is 1. The molecular formula is C18H23F3N2O. The molecule has 3 rings (SSSR count). The standard InChI is InChI=1S/C18H23F3N2O/c19-18(20,21)14-7-4-10-23(11-14)12-17(24)22-16-9-3-6-13-5-1-2-8-15(13)16/h1-2,5,8,14,16H,3-4,6-7,9-12H2,(H,22,24). The van der Waals surface area contributed by atoms with Crippen LogP contribution in [-0.4, -0.2) is 36.6 Å². The topological polar surface area (TPSA) is 32.3 Å². The van der Waals surface area contributed by atoms with Gasteiger partial charge in [0.1, 0.15) is 0 Å². The summed E-state index contributed by atoms with van der Waals surface area (Å²) in [5.41, 5.74) is 2.40. The van der Waals surface area contributed by atoms with Crippen molar-refractivity contribution in [3.8, 4) is 0 Å². The van der Waals surface area contributed by atoms with Gasteiger partial charge in [-0.3, -0.25) is 9.69 Å². The number of benzene rings is 1. The van der Waals surface area contributed by atoms with Crippen molar-refractivity contribution in [1.29, 1.82) is 0 Å². The number of carbonyl (C=O) groups excluding carboxylic acids is 1. The molecule has 0 radical (unpaired) electrons. The van der Waals surface area contributed by atoms with Crippen LogP contribution in [0.3, 0.4) is 0 Å². The molecule has 1 fully saturated rings. The summed E-state index contributed by atoms with van der Waals surface area (Å²) in [7, 11) is 0. The van der Waals surface area contributed by atoms with Gasteiger partial charge in [0, 0.05) is 6.54 Å². The van der Waals surface area contributed by atoms with Crippen LogP contribution in [0.1, 0.15) is 42.9 Å². The number of rotatable bonds is 3. The lowest BCUT2D eigenvalue weighted by molar-refractivity contribution is -0.187. The van der Waals surface area contributed by atoms with E-state index in [1.54, 1.807) is 4.90 Å². The number of fused-ring (bicyclic) bond motifs is 1. The molecule has 0 aromatic heterocycles. The number of aryl methyl sites for hydroxylation is 1. The lowest BCUT2D eigenvalue weighted by Crippen LogP contribution is -2.46. The maximum atomic E-state index is 12.9. The fourth-order valence-electron chi connectivity index (χ4n) is 3.81. The van der Waals surface area contributed by atoms with Gasteiger partial charge in [-0.15, -0.1) is 0 Å². The average molecular weight is 340 g/mol. The second-order valence-corrected chi connectivity index (χ2v) is 6.83. The number of halogens is 3. The Bertz CT molecular complexity index is 588. The van der Waals surface area contributed by atoms with Crippen LogP contribution in [0.2, 0.25) is 0 Å². The van der Waals surface area contributed by atoms with Gasteiger partial charge in [0.25, 0.3) is 0 Å². The number of alkyl halides is 3. The molecule has 132 valence electrons. The molecular weight excluding hydrogens is 317 g/mol. The molecule has 2 atom stereocenters. The molecule has 1 amide bonds. The summed E-state index contributed by atoms with van der Waals surface area (Å²) in [4.78, 5) is 13.9. The lowest BCUT2D eigenvalue weighted by atomic mass is 9.88. The van der Waals surface area contributed by atoms with Crippen LogP contribution in [0.4, 0.5) is 13.2 Å². The van der Waals surface area contributed by atoms with Gasteiger partial charge in [0.05, 0.1) is 18.5 Å². The van der Waals surface area contributed by atoms with Crippen molar-refractivity contribution in [3.05, 3.63) is 35.4 Å². The monoisotopic (exact) mass is 340 g/mol. The van der Waals surface area contributed by atoms with Crippen molar-refractivity contribution in [2.45, 2.75) is 44.3 Å². The van der Waals surface area contributed by atoms with Crippen LogP contribution >= 0.6 is 0 Å². The van der Waals surface area contributed by atoms with Gasteiger partial charge in [-0.2, -0.15) is 13.2 Å². The van der Waals surface area contributed by atoms with Gasteiger partial charge in [-0.25, -0.2) is 0 Å². The first kappa shape index (κ1) is 17.3. The minimum absolute atomic E-state index is 0.0225. The van der Waals surface area contributed by atoms with Crippen LogP contribution in [-0.2, 0) is 11.2 Å². The van der Waals surface area contributed by atoms with E-state index in [0.717, 1.165) is 24.8 Å². The van der Waals surface area contributed by atoms with Gasteiger partial charge >= 0.3 is 6.18 Å².